The lowest BCUT2D eigenvalue weighted by Crippen LogP contribution is -2.11. The molecule has 0 unspecified atom stereocenters. The molecule has 0 aliphatic carbocycles. The van der Waals surface area contributed by atoms with E-state index >= 15 is 0 Å². The summed E-state index contributed by atoms with van der Waals surface area (Å²) >= 11 is 0. The zero-order chi connectivity index (χ0) is 15.7. The van der Waals surface area contributed by atoms with Gasteiger partial charge in [0.25, 0.3) is 0 Å². The van der Waals surface area contributed by atoms with Gasteiger partial charge in [-0.3, -0.25) is 0 Å². The van der Waals surface area contributed by atoms with E-state index in [1.807, 2.05) is 6.07 Å². The van der Waals surface area contributed by atoms with Crippen LogP contribution in [0.1, 0.15) is 22.6 Å². The normalized spacial score (nSPS) is 10.8. The predicted octanol–water partition coefficient (Wildman–Crippen LogP) is 5.08. The van der Waals surface area contributed by atoms with Gasteiger partial charge in [-0.15, -0.1) is 0 Å². The number of ether oxygens (including phenoxy) is 1. The molecule has 1 heteroatoms. The van der Waals surface area contributed by atoms with Crippen LogP contribution in [0.5, 0.6) is 0 Å². The molecular formula is C22H22O. The van der Waals surface area contributed by atoms with Crippen molar-refractivity contribution in [1.82, 2.24) is 0 Å². The van der Waals surface area contributed by atoms with E-state index in [-0.39, 0.29) is 5.92 Å². The van der Waals surface area contributed by atoms with Crippen LogP contribution >= 0.6 is 0 Å². The zero-order valence-corrected chi connectivity index (χ0v) is 13.3. The summed E-state index contributed by atoms with van der Waals surface area (Å²) in [6.07, 6.45) is 0.955. The summed E-state index contributed by atoms with van der Waals surface area (Å²) in [5, 5.41) is 0. The van der Waals surface area contributed by atoms with Crippen molar-refractivity contribution in [3.05, 3.63) is 108 Å². The average molecular weight is 302 g/mol. The van der Waals surface area contributed by atoms with E-state index in [1.54, 1.807) is 0 Å². The van der Waals surface area contributed by atoms with Crippen molar-refractivity contribution >= 4 is 0 Å². The van der Waals surface area contributed by atoms with Crippen LogP contribution in [0.15, 0.2) is 91.0 Å². The molecule has 1 nitrogen and oxygen atoms in total. The molecule has 3 rings (SSSR count). The maximum absolute atomic E-state index is 6.01. The summed E-state index contributed by atoms with van der Waals surface area (Å²) in [4.78, 5) is 0. The monoisotopic (exact) mass is 302 g/mol. The Morgan fingerprint density at radius 2 is 1.09 bits per heavy atom. The second-order valence-electron chi connectivity index (χ2n) is 5.68. The van der Waals surface area contributed by atoms with E-state index in [0.717, 1.165) is 13.0 Å². The van der Waals surface area contributed by atoms with Gasteiger partial charge in [0, 0.05) is 5.92 Å². The smallest absolute Gasteiger partial charge is 0.0575 e. The Morgan fingerprint density at radius 3 is 1.61 bits per heavy atom. The molecule has 0 amide bonds. The van der Waals surface area contributed by atoms with E-state index in [0.29, 0.717) is 6.61 Å². The molecule has 0 aromatic heterocycles. The van der Waals surface area contributed by atoms with Crippen molar-refractivity contribution in [2.24, 2.45) is 0 Å². The van der Waals surface area contributed by atoms with E-state index in [1.165, 1.54) is 16.7 Å². The molecular weight excluding hydrogens is 280 g/mol. The van der Waals surface area contributed by atoms with Gasteiger partial charge in [0.05, 0.1) is 13.2 Å². The van der Waals surface area contributed by atoms with Gasteiger partial charge in [-0.2, -0.15) is 0 Å². The second kappa shape index (κ2) is 8.30. The third-order valence-corrected chi connectivity index (χ3v) is 4.07. The first kappa shape index (κ1) is 15.5. The van der Waals surface area contributed by atoms with Crippen LogP contribution < -0.4 is 0 Å². The Labute approximate surface area is 138 Å². The molecule has 116 valence electrons. The summed E-state index contributed by atoms with van der Waals surface area (Å²) in [5.74, 6) is 0.285. The van der Waals surface area contributed by atoms with Gasteiger partial charge in [-0.1, -0.05) is 91.0 Å². The van der Waals surface area contributed by atoms with Crippen molar-refractivity contribution < 1.29 is 4.74 Å². The van der Waals surface area contributed by atoms with Crippen molar-refractivity contribution in [3.8, 4) is 0 Å². The Bertz CT molecular complexity index is 637. The lowest BCUT2D eigenvalue weighted by Gasteiger charge is -2.18. The molecule has 0 radical (unpaired) electrons. The minimum atomic E-state index is 0.285. The van der Waals surface area contributed by atoms with Crippen LogP contribution in [0.4, 0.5) is 0 Å². The summed E-state index contributed by atoms with van der Waals surface area (Å²) < 4.78 is 6.01. The van der Waals surface area contributed by atoms with Gasteiger partial charge in [0.2, 0.25) is 0 Å². The molecule has 3 aromatic rings. The highest BCUT2D eigenvalue weighted by Crippen LogP contribution is 2.24. The lowest BCUT2D eigenvalue weighted by atomic mass is 9.92. The van der Waals surface area contributed by atoms with Gasteiger partial charge < -0.3 is 4.74 Å². The SMILES string of the molecule is c1ccc(CCOCC(c2ccccc2)c2ccccc2)cc1. The second-order valence-corrected chi connectivity index (χ2v) is 5.68. The first-order chi connectivity index (χ1) is 11.4. The fourth-order valence-electron chi connectivity index (χ4n) is 2.79. The minimum absolute atomic E-state index is 0.285. The Balaban J connectivity index is 1.63. The maximum Gasteiger partial charge on any atom is 0.0575 e. The largest absolute Gasteiger partial charge is 0.380 e. The van der Waals surface area contributed by atoms with Crippen LogP contribution in [-0.2, 0) is 11.2 Å². The molecule has 0 heterocycles. The molecule has 0 fully saturated rings. The summed E-state index contributed by atoms with van der Waals surface area (Å²) in [6.45, 7) is 1.46. The Kier molecular flexibility index (Phi) is 5.60. The van der Waals surface area contributed by atoms with Crippen LogP contribution in [-0.4, -0.2) is 13.2 Å². The number of benzene rings is 3. The van der Waals surface area contributed by atoms with Crippen LogP contribution in [0.25, 0.3) is 0 Å². The quantitative estimate of drug-likeness (QED) is 0.553. The number of hydrogen-bond donors (Lipinski definition) is 0. The number of rotatable bonds is 7. The number of hydrogen-bond acceptors (Lipinski definition) is 1. The van der Waals surface area contributed by atoms with E-state index in [9.17, 15) is 0 Å². The van der Waals surface area contributed by atoms with Gasteiger partial charge in [-0.25, -0.2) is 0 Å². The van der Waals surface area contributed by atoms with Crippen LogP contribution in [0, 0.1) is 0 Å². The van der Waals surface area contributed by atoms with Crippen molar-refractivity contribution in [1.29, 1.82) is 0 Å². The molecule has 0 saturated carbocycles. The predicted molar refractivity (Wildman–Crippen MR) is 95.7 cm³/mol. The average Bonchev–Trinajstić information content (AvgIpc) is 2.64. The molecule has 0 spiro atoms. The van der Waals surface area contributed by atoms with Gasteiger partial charge in [0.1, 0.15) is 0 Å². The van der Waals surface area contributed by atoms with Gasteiger partial charge in [0.15, 0.2) is 0 Å². The van der Waals surface area contributed by atoms with Gasteiger partial charge in [-0.05, 0) is 23.1 Å². The van der Waals surface area contributed by atoms with Crippen LogP contribution in [0.3, 0.4) is 0 Å². The first-order valence-corrected chi connectivity index (χ1v) is 8.15. The van der Waals surface area contributed by atoms with Crippen LogP contribution in [0.2, 0.25) is 0 Å². The fraction of sp³-hybridized carbons (Fsp3) is 0.182. The van der Waals surface area contributed by atoms with Crippen molar-refractivity contribution in [3.63, 3.8) is 0 Å². The van der Waals surface area contributed by atoms with E-state index in [2.05, 4.69) is 84.9 Å². The fourth-order valence-corrected chi connectivity index (χ4v) is 2.79. The summed E-state index contributed by atoms with van der Waals surface area (Å²) in [5.41, 5.74) is 3.93. The van der Waals surface area contributed by atoms with Crippen molar-refractivity contribution in [2.45, 2.75) is 12.3 Å². The first-order valence-electron chi connectivity index (χ1n) is 8.15. The molecule has 0 N–H and O–H groups in total. The lowest BCUT2D eigenvalue weighted by molar-refractivity contribution is 0.130. The third-order valence-electron chi connectivity index (χ3n) is 4.07. The van der Waals surface area contributed by atoms with E-state index in [4.69, 9.17) is 4.74 Å². The standard InChI is InChI=1S/C22H22O/c1-4-10-19(11-5-1)16-17-23-18-22(20-12-6-2-7-13-20)21-14-8-3-9-15-21/h1-15,22H,16-18H2. The molecule has 0 bridgehead atoms. The third kappa shape index (κ3) is 4.54. The highest BCUT2D eigenvalue weighted by molar-refractivity contribution is 5.32. The Morgan fingerprint density at radius 1 is 0.609 bits per heavy atom. The molecule has 0 aliphatic rings. The highest BCUT2D eigenvalue weighted by atomic mass is 16.5. The highest BCUT2D eigenvalue weighted by Gasteiger charge is 2.13. The van der Waals surface area contributed by atoms with Gasteiger partial charge >= 0.3 is 0 Å². The minimum Gasteiger partial charge on any atom is -0.380 e. The molecule has 3 aromatic carbocycles. The molecule has 23 heavy (non-hydrogen) atoms. The molecule has 0 saturated heterocycles. The summed E-state index contributed by atoms with van der Waals surface area (Å²) in [7, 11) is 0. The topological polar surface area (TPSA) is 9.23 Å². The van der Waals surface area contributed by atoms with E-state index < -0.39 is 0 Å². The molecule has 0 atom stereocenters. The Hall–Kier alpha value is -2.38. The molecule has 0 aliphatic heterocycles. The van der Waals surface area contributed by atoms with Crippen molar-refractivity contribution in [2.75, 3.05) is 13.2 Å². The maximum atomic E-state index is 6.01. The summed E-state index contributed by atoms with van der Waals surface area (Å²) in [6, 6.07) is 31.7. The zero-order valence-electron chi connectivity index (χ0n) is 13.3.